The van der Waals surface area contributed by atoms with E-state index in [2.05, 4.69) is 19.2 Å². The summed E-state index contributed by atoms with van der Waals surface area (Å²) in [7, 11) is 1.62. The Morgan fingerprint density at radius 3 is 2.28 bits per heavy atom. The van der Waals surface area contributed by atoms with Gasteiger partial charge in [0.15, 0.2) is 11.8 Å². The molecule has 7 atom stereocenters. The molecular formula is C48H61N3O9. The second kappa shape index (κ2) is 19.4. The first kappa shape index (κ1) is 43.5. The van der Waals surface area contributed by atoms with E-state index in [9.17, 15) is 19.8 Å². The first-order valence-corrected chi connectivity index (χ1v) is 21.8. The highest BCUT2D eigenvalue weighted by atomic mass is 16.8. The zero-order valence-corrected chi connectivity index (χ0v) is 35.2. The summed E-state index contributed by atoms with van der Waals surface area (Å²) in [5, 5.41) is 24.3. The molecule has 3 aromatic rings. The average Bonchev–Trinajstić information content (AvgIpc) is 3.81. The van der Waals surface area contributed by atoms with Gasteiger partial charge in [0.1, 0.15) is 41.6 Å². The number of nitrogens with one attached hydrogen (secondary N) is 1. The number of aromatic hydroxyl groups is 1. The van der Waals surface area contributed by atoms with E-state index in [0.29, 0.717) is 19.3 Å². The smallest absolute Gasteiger partial charge is 0.327 e. The average molecular weight is 824 g/mol. The number of nitrogens with zero attached hydrogens (tertiary/aromatic N) is 2. The monoisotopic (exact) mass is 823 g/mol. The second-order valence-electron chi connectivity index (χ2n) is 16.8. The standard InChI is InChI=1S/C48H61N3O9/c1-4-6-15-26-47(27-16-7-5-2)58-40-39-31-48(46(56)50(3)37(44(54)49-28-29-52)30-33-18-9-8-10-19-33)42(45(55)57-39)51(60-43(48)41(40)59-47)32-36-22-12-11-20-34(36)23-17-24-35-21-13-14-25-38(35)53/h8-14,17-23,25,37,39-43,52-53H,4-7,15-16,24,26-32H2,1-3H3,(H,49,54)/t37-,39-,40+,41+,42-,43-,48-/m1/s1. The summed E-state index contributed by atoms with van der Waals surface area (Å²) in [6.07, 6.45) is 9.01. The van der Waals surface area contributed by atoms with E-state index < -0.39 is 65.5 Å². The van der Waals surface area contributed by atoms with Crippen LogP contribution in [-0.2, 0) is 52.8 Å². The van der Waals surface area contributed by atoms with Crippen LogP contribution in [0.5, 0.6) is 5.75 Å². The number of unbranched alkanes of at least 4 members (excludes halogenated alkanes) is 4. The van der Waals surface area contributed by atoms with Crippen LogP contribution >= 0.6 is 0 Å². The van der Waals surface area contributed by atoms with Gasteiger partial charge in [0.05, 0.1) is 13.2 Å². The third-order valence-corrected chi connectivity index (χ3v) is 12.8. The minimum absolute atomic E-state index is 0.0290. The van der Waals surface area contributed by atoms with E-state index in [1.165, 1.54) is 4.90 Å². The lowest BCUT2D eigenvalue weighted by molar-refractivity contribution is -0.225. The van der Waals surface area contributed by atoms with Crippen LogP contribution in [0.4, 0.5) is 0 Å². The van der Waals surface area contributed by atoms with E-state index >= 15 is 4.79 Å². The fraction of sp³-hybridized carbons (Fsp3) is 0.521. The number of hydroxylamine groups is 2. The fourth-order valence-electron chi connectivity index (χ4n) is 9.69. The molecule has 0 radical (unpaired) electrons. The number of hydrogen-bond acceptors (Lipinski definition) is 10. The summed E-state index contributed by atoms with van der Waals surface area (Å²) < 4.78 is 20.4. The Bertz CT molecular complexity index is 1960. The van der Waals surface area contributed by atoms with Crippen LogP contribution < -0.4 is 5.32 Å². The molecule has 12 nitrogen and oxygen atoms in total. The van der Waals surface area contributed by atoms with Crippen LogP contribution in [0.2, 0.25) is 0 Å². The number of phenols is 1. The molecule has 1 saturated carbocycles. The summed E-state index contributed by atoms with van der Waals surface area (Å²) in [6, 6.07) is 22.4. The number of carbonyl (C=O) groups excluding carboxylic acids is 3. The van der Waals surface area contributed by atoms with Gasteiger partial charge in [-0.25, -0.2) is 0 Å². The molecule has 3 aromatic carbocycles. The molecule has 0 spiro atoms. The van der Waals surface area contributed by atoms with Gasteiger partial charge in [-0.3, -0.25) is 19.2 Å². The Balaban J connectivity index is 1.26. The van der Waals surface area contributed by atoms with Crippen molar-refractivity contribution in [3.63, 3.8) is 0 Å². The van der Waals surface area contributed by atoms with Crippen molar-refractivity contribution in [3.8, 4) is 5.75 Å². The number of phenolic OH excluding ortho intramolecular Hbond substituents is 1. The van der Waals surface area contributed by atoms with E-state index in [1.807, 2.05) is 78.9 Å². The number of benzene rings is 3. The van der Waals surface area contributed by atoms with E-state index in [0.717, 1.165) is 60.8 Å². The van der Waals surface area contributed by atoms with Crippen LogP contribution in [0.1, 0.15) is 93.9 Å². The maximum atomic E-state index is 15.6. The highest BCUT2D eigenvalue weighted by molar-refractivity contribution is 5.96. The number of aliphatic hydroxyl groups excluding tert-OH is 1. The molecule has 7 rings (SSSR count). The Morgan fingerprint density at radius 2 is 1.58 bits per heavy atom. The topological polar surface area (TPSA) is 147 Å². The SMILES string of the molecule is CCCCCC1(CCCCC)O[C@@H]2[C@H](O1)[C@H]1ON(Cc3ccccc3C=CCc3ccccc3O)[C@@H]3C(=O)O[C@@H]2C[C@]13C(=O)N(C)[C@H](Cc1ccccc1)C(=O)NCCO. The third kappa shape index (κ3) is 8.90. The molecule has 3 aliphatic heterocycles. The fourth-order valence-corrected chi connectivity index (χ4v) is 9.69. The molecule has 60 heavy (non-hydrogen) atoms. The van der Waals surface area contributed by atoms with Crippen LogP contribution in [0.15, 0.2) is 84.9 Å². The maximum Gasteiger partial charge on any atom is 0.327 e. The summed E-state index contributed by atoms with van der Waals surface area (Å²) in [5.41, 5.74) is 1.91. The van der Waals surface area contributed by atoms with Gasteiger partial charge < -0.3 is 34.6 Å². The number of para-hydroxylation sites is 1. The normalized spacial score (nSPS) is 25.8. The Labute approximate surface area is 353 Å². The third-order valence-electron chi connectivity index (χ3n) is 12.8. The number of rotatable bonds is 20. The van der Waals surface area contributed by atoms with Gasteiger partial charge in [-0.15, -0.1) is 0 Å². The Morgan fingerprint density at radius 1 is 0.917 bits per heavy atom. The van der Waals surface area contributed by atoms with E-state index in [-0.39, 0.29) is 38.3 Å². The molecular weight excluding hydrogens is 763 g/mol. The van der Waals surface area contributed by atoms with Crippen LogP contribution in [0.25, 0.3) is 6.08 Å². The molecule has 4 aliphatic rings. The van der Waals surface area contributed by atoms with Crippen molar-refractivity contribution >= 4 is 23.9 Å². The molecule has 2 bridgehead atoms. The zero-order chi connectivity index (χ0) is 42.3. The number of ether oxygens (including phenoxy) is 3. The number of likely N-dealkylation sites (N-methyl/N-ethyl adjacent to an activating group) is 1. The van der Waals surface area contributed by atoms with Gasteiger partial charge >= 0.3 is 5.97 Å². The van der Waals surface area contributed by atoms with Gasteiger partial charge in [0.25, 0.3) is 0 Å². The molecule has 2 amide bonds. The molecule has 322 valence electrons. The van der Waals surface area contributed by atoms with Crippen molar-refractivity contribution in [2.45, 2.75) is 133 Å². The lowest BCUT2D eigenvalue weighted by Gasteiger charge is -2.50. The van der Waals surface area contributed by atoms with E-state index in [1.54, 1.807) is 24.2 Å². The molecule has 0 aromatic heterocycles. The number of hydrogen-bond donors (Lipinski definition) is 3. The Hall–Kier alpha value is -4.59. The second-order valence-corrected chi connectivity index (χ2v) is 16.8. The molecule has 12 heteroatoms. The molecule has 3 N–H and O–H groups in total. The van der Waals surface area contributed by atoms with Gasteiger partial charge in [-0.2, -0.15) is 5.06 Å². The number of carbonyl (C=O) groups is 3. The predicted molar refractivity (Wildman–Crippen MR) is 226 cm³/mol. The first-order chi connectivity index (χ1) is 29.1. The van der Waals surface area contributed by atoms with Gasteiger partial charge in [-0.1, -0.05) is 124 Å². The molecule has 3 heterocycles. The predicted octanol–water partition coefficient (Wildman–Crippen LogP) is 6.27. The van der Waals surface area contributed by atoms with Crippen molar-refractivity contribution in [1.29, 1.82) is 0 Å². The summed E-state index contributed by atoms with van der Waals surface area (Å²) in [5.74, 6) is -2.09. The lowest BCUT2D eigenvalue weighted by atomic mass is 9.62. The van der Waals surface area contributed by atoms with Gasteiger partial charge in [-0.05, 0) is 47.6 Å². The van der Waals surface area contributed by atoms with Gasteiger partial charge in [0, 0.05) is 39.3 Å². The number of esters is 1. The summed E-state index contributed by atoms with van der Waals surface area (Å²) >= 11 is 0. The largest absolute Gasteiger partial charge is 0.508 e. The molecule has 4 fully saturated rings. The van der Waals surface area contributed by atoms with Gasteiger partial charge in [0.2, 0.25) is 11.8 Å². The highest BCUT2D eigenvalue weighted by Crippen LogP contribution is 2.58. The minimum Gasteiger partial charge on any atom is -0.508 e. The van der Waals surface area contributed by atoms with Crippen molar-refractivity contribution in [2.75, 3.05) is 20.2 Å². The first-order valence-electron chi connectivity index (χ1n) is 21.8. The quantitative estimate of drug-likeness (QED) is 0.0881. The number of fused-ring (bicyclic) bond motifs is 4. The molecule has 1 aliphatic carbocycles. The zero-order valence-electron chi connectivity index (χ0n) is 35.2. The van der Waals surface area contributed by atoms with Crippen LogP contribution in [0.3, 0.4) is 0 Å². The van der Waals surface area contributed by atoms with Crippen LogP contribution in [0, 0.1) is 5.41 Å². The van der Waals surface area contributed by atoms with Crippen molar-refractivity contribution < 1.29 is 43.6 Å². The number of aliphatic hydroxyl groups is 1. The highest BCUT2D eigenvalue weighted by Gasteiger charge is 2.76. The van der Waals surface area contributed by atoms with Crippen molar-refractivity contribution in [2.24, 2.45) is 5.41 Å². The molecule has 3 saturated heterocycles. The lowest BCUT2D eigenvalue weighted by Crippen LogP contribution is -2.70. The van der Waals surface area contributed by atoms with Crippen molar-refractivity contribution in [3.05, 3.63) is 107 Å². The minimum atomic E-state index is -1.48. The summed E-state index contributed by atoms with van der Waals surface area (Å²) in [4.78, 5) is 52.6. The maximum absolute atomic E-state index is 15.6. The number of amides is 2. The van der Waals surface area contributed by atoms with Crippen molar-refractivity contribution in [1.82, 2.24) is 15.3 Å². The van der Waals surface area contributed by atoms with E-state index in [4.69, 9.17) is 19.0 Å². The Kier molecular flexibility index (Phi) is 14.1. The molecule has 0 unspecified atom stereocenters. The summed E-state index contributed by atoms with van der Waals surface area (Å²) in [6.45, 7) is 4.24. The van der Waals surface area contributed by atoms with Crippen LogP contribution in [-0.4, -0.2) is 100 Å². The number of allylic oxidation sites excluding steroid dienone is 1.